The Morgan fingerprint density at radius 1 is 1.25 bits per heavy atom. The van der Waals surface area contributed by atoms with Gasteiger partial charge in [0, 0.05) is 18.3 Å². The predicted octanol–water partition coefficient (Wildman–Crippen LogP) is 3.08. The Bertz CT molecular complexity index is 607. The first-order valence-electron chi connectivity index (χ1n) is 7.46. The van der Waals surface area contributed by atoms with Crippen LogP contribution in [0.2, 0.25) is 0 Å². The molecule has 0 radical (unpaired) electrons. The van der Waals surface area contributed by atoms with Crippen molar-refractivity contribution in [2.45, 2.75) is 33.7 Å². The topological polar surface area (TPSA) is 29.9 Å². The van der Waals surface area contributed by atoms with E-state index < -0.39 is 0 Å². The number of nitrogens with zero attached hydrogens (tertiary/aromatic N) is 2. The Morgan fingerprint density at radius 3 is 2.85 bits per heavy atom. The van der Waals surface area contributed by atoms with Crippen LogP contribution in [0.4, 0.5) is 0 Å². The molecule has 3 rings (SSSR count). The van der Waals surface area contributed by atoms with Gasteiger partial charge in [0.1, 0.15) is 0 Å². The molecule has 1 aromatic heterocycles. The van der Waals surface area contributed by atoms with Crippen LogP contribution in [-0.2, 0) is 6.54 Å². The average molecular weight is 269 g/mol. The highest BCUT2D eigenvalue weighted by molar-refractivity contribution is 5.69. The first-order chi connectivity index (χ1) is 9.65. The lowest BCUT2D eigenvalue weighted by Crippen LogP contribution is -2.14. The van der Waals surface area contributed by atoms with Gasteiger partial charge in [0.25, 0.3) is 0 Å². The summed E-state index contributed by atoms with van der Waals surface area (Å²) in [6.07, 6.45) is 3.48. The van der Waals surface area contributed by atoms with E-state index in [1.54, 1.807) is 0 Å². The van der Waals surface area contributed by atoms with Crippen molar-refractivity contribution < 1.29 is 0 Å². The molecule has 0 saturated carbocycles. The summed E-state index contributed by atoms with van der Waals surface area (Å²) in [5.74, 6) is 0.723. The van der Waals surface area contributed by atoms with E-state index in [4.69, 9.17) is 5.10 Å². The molecule has 0 bridgehead atoms. The van der Waals surface area contributed by atoms with E-state index in [1.807, 2.05) is 0 Å². The molecule has 1 aliphatic rings. The third-order valence-electron chi connectivity index (χ3n) is 4.45. The van der Waals surface area contributed by atoms with Crippen molar-refractivity contribution in [3.63, 3.8) is 0 Å². The lowest BCUT2D eigenvalue weighted by Gasteiger charge is -2.08. The summed E-state index contributed by atoms with van der Waals surface area (Å²) >= 11 is 0. The predicted molar refractivity (Wildman–Crippen MR) is 82.9 cm³/mol. The number of aromatic nitrogens is 2. The molecule has 20 heavy (non-hydrogen) atoms. The van der Waals surface area contributed by atoms with E-state index >= 15 is 0 Å². The van der Waals surface area contributed by atoms with Gasteiger partial charge >= 0.3 is 0 Å². The highest BCUT2D eigenvalue weighted by Crippen LogP contribution is 2.28. The van der Waals surface area contributed by atoms with Crippen LogP contribution in [0, 0.1) is 26.7 Å². The van der Waals surface area contributed by atoms with Crippen molar-refractivity contribution >= 4 is 0 Å². The van der Waals surface area contributed by atoms with Gasteiger partial charge in [0.05, 0.1) is 5.69 Å². The summed E-state index contributed by atoms with van der Waals surface area (Å²) in [4.78, 5) is 0. The Kier molecular flexibility index (Phi) is 3.62. The van der Waals surface area contributed by atoms with Gasteiger partial charge in [-0.2, -0.15) is 5.10 Å². The number of hydrogen-bond donors (Lipinski definition) is 1. The van der Waals surface area contributed by atoms with Crippen LogP contribution < -0.4 is 5.32 Å². The molecular formula is C17H23N3. The third kappa shape index (κ3) is 2.50. The summed E-state index contributed by atoms with van der Waals surface area (Å²) in [7, 11) is 0. The van der Waals surface area contributed by atoms with Gasteiger partial charge in [0.15, 0.2) is 0 Å². The third-order valence-corrected chi connectivity index (χ3v) is 4.45. The maximum Gasteiger partial charge on any atom is 0.0672 e. The van der Waals surface area contributed by atoms with Crippen LogP contribution >= 0.6 is 0 Å². The van der Waals surface area contributed by atoms with Crippen LogP contribution in [0.3, 0.4) is 0 Å². The van der Waals surface area contributed by atoms with Gasteiger partial charge in [-0.3, -0.25) is 4.68 Å². The van der Waals surface area contributed by atoms with E-state index in [2.05, 4.69) is 55.2 Å². The molecule has 1 fully saturated rings. The molecule has 1 atom stereocenters. The molecule has 2 aromatic rings. The number of nitrogens with one attached hydrogen (secondary N) is 1. The van der Waals surface area contributed by atoms with E-state index in [9.17, 15) is 0 Å². The molecule has 3 heteroatoms. The highest BCUT2D eigenvalue weighted by Gasteiger charge is 2.17. The van der Waals surface area contributed by atoms with Crippen LogP contribution in [0.15, 0.2) is 24.4 Å². The molecular weight excluding hydrogens is 246 g/mol. The minimum atomic E-state index is 0.723. The summed E-state index contributed by atoms with van der Waals surface area (Å²) in [6.45, 7) is 9.77. The average Bonchev–Trinajstić information content (AvgIpc) is 3.03. The first-order valence-corrected chi connectivity index (χ1v) is 7.46. The Hall–Kier alpha value is -1.61. The second kappa shape index (κ2) is 5.41. The molecule has 2 heterocycles. The zero-order valence-electron chi connectivity index (χ0n) is 12.6. The van der Waals surface area contributed by atoms with Crippen molar-refractivity contribution in [2.24, 2.45) is 5.92 Å². The summed E-state index contributed by atoms with van der Waals surface area (Å²) < 4.78 is 2.13. The molecule has 1 aromatic carbocycles. The van der Waals surface area contributed by atoms with Gasteiger partial charge in [-0.05, 0) is 62.9 Å². The highest BCUT2D eigenvalue weighted by atomic mass is 15.3. The molecule has 3 nitrogen and oxygen atoms in total. The number of benzene rings is 1. The van der Waals surface area contributed by atoms with Crippen molar-refractivity contribution in [3.05, 3.63) is 41.2 Å². The fourth-order valence-corrected chi connectivity index (χ4v) is 3.05. The summed E-state index contributed by atoms with van der Waals surface area (Å²) in [5, 5.41) is 8.13. The largest absolute Gasteiger partial charge is 0.316 e. The van der Waals surface area contributed by atoms with Crippen LogP contribution in [0.5, 0.6) is 0 Å². The van der Waals surface area contributed by atoms with Gasteiger partial charge in [-0.25, -0.2) is 0 Å². The van der Waals surface area contributed by atoms with Gasteiger partial charge < -0.3 is 5.32 Å². The number of aryl methyl sites for hydroxylation is 2. The molecule has 0 amide bonds. The van der Waals surface area contributed by atoms with Gasteiger partial charge in [-0.1, -0.05) is 18.2 Å². The zero-order chi connectivity index (χ0) is 14.1. The quantitative estimate of drug-likeness (QED) is 0.928. The van der Waals surface area contributed by atoms with E-state index in [-0.39, 0.29) is 0 Å². The van der Waals surface area contributed by atoms with Crippen LogP contribution in [0.25, 0.3) is 11.1 Å². The van der Waals surface area contributed by atoms with E-state index in [0.717, 1.165) is 31.2 Å². The fraction of sp³-hybridized carbons (Fsp3) is 0.471. The molecule has 1 unspecified atom stereocenters. The Morgan fingerprint density at radius 2 is 2.10 bits per heavy atom. The standard InChI is InChI=1S/C17H23N3/c1-12-5-4-6-16(13(12)2)17-11-20(19-14(17)3)10-15-7-8-18-9-15/h4-6,11,15,18H,7-10H2,1-3H3. The maximum atomic E-state index is 4.71. The van der Waals surface area contributed by atoms with Crippen molar-refractivity contribution in [1.29, 1.82) is 0 Å². The smallest absolute Gasteiger partial charge is 0.0672 e. The first kappa shape index (κ1) is 13.4. The minimum Gasteiger partial charge on any atom is -0.316 e. The second-order valence-corrected chi connectivity index (χ2v) is 5.96. The molecule has 1 N–H and O–H groups in total. The SMILES string of the molecule is Cc1cccc(-c2cn(CC3CCNC3)nc2C)c1C. The van der Waals surface area contributed by atoms with Gasteiger partial charge in [0.2, 0.25) is 0 Å². The van der Waals surface area contributed by atoms with Crippen molar-refractivity contribution in [3.8, 4) is 11.1 Å². The zero-order valence-corrected chi connectivity index (χ0v) is 12.6. The fourth-order valence-electron chi connectivity index (χ4n) is 3.05. The number of rotatable bonds is 3. The van der Waals surface area contributed by atoms with Gasteiger partial charge in [-0.15, -0.1) is 0 Å². The number of hydrogen-bond acceptors (Lipinski definition) is 2. The lowest BCUT2D eigenvalue weighted by atomic mass is 9.98. The molecule has 0 spiro atoms. The van der Waals surface area contributed by atoms with Crippen molar-refractivity contribution in [2.75, 3.05) is 13.1 Å². The van der Waals surface area contributed by atoms with Crippen LogP contribution in [-0.4, -0.2) is 22.9 Å². The van der Waals surface area contributed by atoms with E-state index in [0.29, 0.717) is 0 Å². The summed E-state index contributed by atoms with van der Waals surface area (Å²) in [6, 6.07) is 6.51. The molecule has 0 aliphatic carbocycles. The minimum absolute atomic E-state index is 0.723. The monoisotopic (exact) mass is 269 g/mol. The maximum absolute atomic E-state index is 4.71. The van der Waals surface area contributed by atoms with E-state index in [1.165, 1.54) is 28.7 Å². The lowest BCUT2D eigenvalue weighted by molar-refractivity contribution is 0.448. The normalized spacial score (nSPS) is 18.6. The molecule has 106 valence electrons. The Labute approximate surface area is 121 Å². The second-order valence-electron chi connectivity index (χ2n) is 5.96. The molecule has 1 aliphatic heterocycles. The molecule has 1 saturated heterocycles. The van der Waals surface area contributed by atoms with Crippen molar-refractivity contribution in [1.82, 2.24) is 15.1 Å². The summed E-state index contributed by atoms with van der Waals surface area (Å²) in [5.41, 5.74) is 6.42. The van der Waals surface area contributed by atoms with Crippen LogP contribution in [0.1, 0.15) is 23.2 Å². The Balaban J connectivity index is 1.90.